The third-order valence-corrected chi connectivity index (χ3v) is 6.35. The maximum Gasteiger partial charge on any atom is 0.416 e. The Labute approximate surface area is 211 Å². The van der Waals surface area contributed by atoms with Crippen LogP contribution in [0.2, 0.25) is 0 Å². The van der Waals surface area contributed by atoms with Crippen molar-refractivity contribution in [1.29, 1.82) is 0 Å². The molecule has 0 saturated carbocycles. The molecule has 1 aliphatic rings. The lowest BCUT2D eigenvalue weighted by Gasteiger charge is -2.24. The second-order valence-electron chi connectivity index (χ2n) is 10.2. The Hall–Kier alpha value is -4.00. The number of fused-ring (bicyclic) bond motifs is 2. The Bertz CT molecular complexity index is 1440. The molecule has 0 spiro atoms. The molecule has 7 nitrogen and oxygen atoms in total. The first kappa shape index (κ1) is 23.7. The van der Waals surface area contributed by atoms with E-state index >= 15 is 0 Å². The number of nitrogens with one attached hydrogen (secondary N) is 1. The molecule has 1 N–H and O–H groups in total. The number of anilines is 2. The molecule has 5 rings (SSSR count). The number of aryl methyl sites for hydroxylation is 1. The van der Waals surface area contributed by atoms with Gasteiger partial charge in [0.15, 0.2) is 0 Å². The number of amides is 1. The first-order valence-corrected chi connectivity index (χ1v) is 12.3. The molecular formula is C29H31N5O2. The normalized spacial score (nSPS) is 14.0. The lowest BCUT2D eigenvalue weighted by molar-refractivity contribution is 0.0583. The van der Waals surface area contributed by atoms with Crippen molar-refractivity contribution in [2.24, 2.45) is 0 Å². The van der Waals surface area contributed by atoms with Crippen LogP contribution in [-0.2, 0) is 11.2 Å². The minimum Gasteiger partial charge on any atom is -0.443 e. The largest absolute Gasteiger partial charge is 0.443 e. The van der Waals surface area contributed by atoms with Gasteiger partial charge in [0.25, 0.3) is 0 Å². The average molecular weight is 482 g/mol. The second-order valence-corrected chi connectivity index (χ2v) is 10.2. The monoisotopic (exact) mass is 481 g/mol. The van der Waals surface area contributed by atoms with Crippen molar-refractivity contribution in [1.82, 2.24) is 15.0 Å². The van der Waals surface area contributed by atoms with Crippen molar-refractivity contribution in [2.75, 3.05) is 16.8 Å². The van der Waals surface area contributed by atoms with E-state index in [1.165, 1.54) is 11.9 Å². The molecule has 2 aromatic heterocycles. The van der Waals surface area contributed by atoms with Gasteiger partial charge in [-0.15, -0.1) is 0 Å². The van der Waals surface area contributed by atoms with Gasteiger partial charge in [0, 0.05) is 28.6 Å². The van der Waals surface area contributed by atoms with Gasteiger partial charge in [0.2, 0.25) is 0 Å². The SMILES string of the molecule is Cc1ccccc1-c1nc2ccccc2cc1C(C)Nc1ncnc2c1CCN2C(=O)OC(C)(C)C. The maximum atomic E-state index is 12.8. The quantitative estimate of drug-likeness (QED) is 0.360. The van der Waals surface area contributed by atoms with E-state index in [4.69, 9.17) is 9.72 Å². The van der Waals surface area contributed by atoms with E-state index in [2.05, 4.69) is 53.4 Å². The summed E-state index contributed by atoms with van der Waals surface area (Å²) in [6.07, 6.45) is 1.77. The van der Waals surface area contributed by atoms with E-state index in [9.17, 15) is 4.79 Å². The molecule has 1 atom stereocenters. The highest BCUT2D eigenvalue weighted by atomic mass is 16.6. The standard InChI is InChI=1S/C29H31N5O2/c1-18-10-6-8-12-21(18)25-23(16-20-11-7-9-13-24(20)33-25)19(2)32-26-22-14-15-34(27(22)31-17-30-26)28(35)36-29(3,4)5/h6-13,16-17,19H,14-15H2,1-5H3,(H,30,31,32). The summed E-state index contributed by atoms with van der Waals surface area (Å²) in [7, 11) is 0. The van der Waals surface area contributed by atoms with Crippen LogP contribution in [0.5, 0.6) is 0 Å². The molecule has 1 unspecified atom stereocenters. The van der Waals surface area contributed by atoms with E-state index in [0.29, 0.717) is 18.8 Å². The molecule has 0 radical (unpaired) electrons. The van der Waals surface area contributed by atoms with Crippen LogP contribution >= 0.6 is 0 Å². The summed E-state index contributed by atoms with van der Waals surface area (Å²) >= 11 is 0. The van der Waals surface area contributed by atoms with Gasteiger partial charge in [0.1, 0.15) is 23.6 Å². The van der Waals surface area contributed by atoms with E-state index in [-0.39, 0.29) is 12.1 Å². The number of rotatable bonds is 4. The molecule has 4 aromatic rings. The summed E-state index contributed by atoms with van der Waals surface area (Å²) < 4.78 is 5.58. The molecule has 3 heterocycles. The number of carbonyl (C=O) groups excluding carboxylic acids is 1. The molecule has 2 aromatic carbocycles. The molecule has 0 fully saturated rings. The molecule has 1 amide bonds. The number of ether oxygens (including phenoxy) is 1. The molecule has 7 heteroatoms. The fourth-order valence-electron chi connectivity index (χ4n) is 4.61. The number of aromatic nitrogens is 3. The summed E-state index contributed by atoms with van der Waals surface area (Å²) in [4.78, 5) is 28.4. The van der Waals surface area contributed by atoms with Gasteiger partial charge >= 0.3 is 6.09 Å². The van der Waals surface area contributed by atoms with E-state index in [1.54, 1.807) is 4.90 Å². The van der Waals surface area contributed by atoms with Gasteiger partial charge in [-0.2, -0.15) is 0 Å². The second kappa shape index (κ2) is 9.22. The predicted molar refractivity (Wildman–Crippen MR) is 143 cm³/mol. The fourth-order valence-corrected chi connectivity index (χ4v) is 4.61. The Balaban J connectivity index is 1.51. The summed E-state index contributed by atoms with van der Waals surface area (Å²) in [5, 5.41) is 4.68. The van der Waals surface area contributed by atoms with E-state index in [1.807, 2.05) is 51.1 Å². The first-order chi connectivity index (χ1) is 17.2. The lowest BCUT2D eigenvalue weighted by Crippen LogP contribution is -2.36. The van der Waals surface area contributed by atoms with Gasteiger partial charge in [0.05, 0.1) is 17.3 Å². The zero-order chi connectivity index (χ0) is 25.4. The molecule has 1 aliphatic heterocycles. The van der Waals surface area contributed by atoms with Gasteiger partial charge in [-0.1, -0.05) is 42.5 Å². The Kier molecular flexibility index (Phi) is 6.08. The van der Waals surface area contributed by atoms with Gasteiger partial charge in [-0.3, -0.25) is 4.90 Å². The Morgan fingerprint density at radius 3 is 2.61 bits per heavy atom. The summed E-state index contributed by atoms with van der Waals surface area (Å²) in [5.74, 6) is 1.33. The fraction of sp³-hybridized carbons (Fsp3) is 0.310. The first-order valence-electron chi connectivity index (χ1n) is 12.3. The van der Waals surface area contributed by atoms with Crippen LogP contribution < -0.4 is 10.2 Å². The van der Waals surface area contributed by atoms with Gasteiger partial charge < -0.3 is 10.1 Å². The highest BCUT2D eigenvalue weighted by molar-refractivity contribution is 5.90. The van der Waals surface area contributed by atoms with Crippen molar-refractivity contribution >= 4 is 28.6 Å². The number of benzene rings is 2. The lowest BCUT2D eigenvalue weighted by atomic mass is 9.96. The van der Waals surface area contributed by atoms with E-state index < -0.39 is 5.60 Å². The topological polar surface area (TPSA) is 80.2 Å². The summed E-state index contributed by atoms with van der Waals surface area (Å²) in [6.45, 7) is 10.3. The van der Waals surface area contributed by atoms with Crippen molar-refractivity contribution in [3.63, 3.8) is 0 Å². The van der Waals surface area contributed by atoms with Crippen LogP contribution in [0.3, 0.4) is 0 Å². The number of para-hydroxylation sites is 1. The van der Waals surface area contributed by atoms with E-state index in [0.717, 1.165) is 39.1 Å². The summed E-state index contributed by atoms with van der Waals surface area (Å²) in [5.41, 5.74) is 5.62. The highest BCUT2D eigenvalue weighted by Gasteiger charge is 2.32. The van der Waals surface area contributed by atoms with Crippen LogP contribution in [0.1, 0.15) is 50.4 Å². The van der Waals surface area contributed by atoms with Crippen LogP contribution in [0, 0.1) is 6.92 Å². The zero-order valence-corrected chi connectivity index (χ0v) is 21.4. The van der Waals surface area contributed by atoms with Crippen molar-refractivity contribution < 1.29 is 9.53 Å². The molecule has 0 bridgehead atoms. The number of nitrogens with zero attached hydrogens (tertiary/aromatic N) is 4. The average Bonchev–Trinajstić information content (AvgIpc) is 3.28. The number of hydrogen-bond donors (Lipinski definition) is 1. The Morgan fingerprint density at radius 2 is 1.83 bits per heavy atom. The van der Waals surface area contributed by atoms with Crippen LogP contribution in [0.4, 0.5) is 16.4 Å². The number of carbonyl (C=O) groups is 1. The maximum absolute atomic E-state index is 12.8. The van der Waals surface area contributed by atoms with Crippen molar-refractivity contribution in [2.45, 2.75) is 52.7 Å². The zero-order valence-electron chi connectivity index (χ0n) is 21.4. The summed E-state index contributed by atoms with van der Waals surface area (Å²) in [6, 6.07) is 18.6. The van der Waals surface area contributed by atoms with Crippen LogP contribution in [0.25, 0.3) is 22.2 Å². The molecular weight excluding hydrogens is 450 g/mol. The number of hydrogen-bond acceptors (Lipinski definition) is 6. The molecule has 0 saturated heterocycles. The Morgan fingerprint density at radius 1 is 1.08 bits per heavy atom. The molecule has 0 aliphatic carbocycles. The minimum absolute atomic E-state index is 0.0914. The van der Waals surface area contributed by atoms with Gasteiger partial charge in [-0.05, 0) is 58.7 Å². The molecule has 36 heavy (non-hydrogen) atoms. The number of pyridine rings is 1. The minimum atomic E-state index is -0.572. The highest BCUT2D eigenvalue weighted by Crippen LogP contribution is 2.36. The van der Waals surface area contributed by atoms with Crippen LogP contribution in [0.15, 0.2) is 60.9 Å². The third kappa shape index (κ3) is 4.61. The van der Waals surface area contributed by atoms with Crippen molar-refractivity contribution in [3.05, 3.63) is 77.6 Å². The van der Waals surface area contributed by atoms with Gasteiger partial charge in [-0.25, -0.2) is 19.7 Å². The molecule has 184 valence electrons. The predicted octanol–water partition coefficient (Wildman–Crippen LogP) is 6.47. The smallest absolute Gasteiger partial charge is 0.416 e. The third-order valence-electron chi connectivity index (χ3n) is 6.35. The van der Waals surface area contributed by atoms with Crippen LogP contribution in [-0.4, -0.2) is 33.2 Å². The van der Waals surface area contributed by atoms with Crippen molar-refractivity contribution in [3.8, 4) is 11.3 Å².